The zero-order valence-corrected chi connectivity index (χ0v) is 13.3. The molecule has 0 saturated heterocycles. The molecule has 0 heterocycles. The van der Waals surface area contributed by atoms with Gasteiger partial charge in [-0.05, 0) is 59.4 Å². The van der Waals surface area contributed by atoms with Crippen LogP contribution in [-0.2, 0) is 9.53 Å². The first kappa shape index (κ1) is 17.8. The molecule has 6 nitrogen and oxygen atoms in total. The van der Waals surface area contributed by atoms with Gasteiger partial charge in [-0.15, -0.1) is 0 Å². The van der Waals surface area contributed by atoms with Crippen LogP contribution in [0.1, 0.15) is 59.3 Å². The molecule has 1 aliphatic carbocycles. The van der Waals surface area contributed by atoms with E-state index in [-0.39, 0.29) is 18.6 Å². The van der Waals surface area contributed by atoms with Crippen molar-refractivity contribution in [3.05, 3.63) is 0 Å². The smallest absolute Gasteiger partial charge is 0.407 e. The van der Waals surface area contributed by atoms with E-state index in [0.29, 0.717) is 19.0 Å². The minimum Gasteiger partial charge on any atom is -0.481 e. The van der Waals surface area contributed by atoms with E-state index in [2.05, 4.69) is 10.6 Å². The highest BCUT2D eigenvalue weighted by Crippen LogP contribution is 2.19. The number of carbonyl (C=O) groups is 2. The van der Waals surface area contributed by atoms with Crippen LogP contribution in [0.25, 0.3) is 0 Å². The normalized spacial score (nSPS) is 22.6. The highest BCUT2D eigenvalue weighted by atomic mass is 16.6. The zero-order chi connectivity index (χ0) is 15.9. The molecule has 1 amide bonds. The van der Waals surface area contributed by atoms with Gasteiger partial charge in [-0.1, -0.05) is 0 Å². The van der Waals surface area contributed by atoms with Crippen molar-refractivity contribution >= 4 is 12.1 Å². The average molecular weight is 300 g/mol. The maximum absolute atomic E-state index is 11.7. The Morgan fingerprint density at radius 2 is 1.90 bits per heavy atom. The summed E-state index contributed by atoms with van der Waals surface area (Å²) in [6.45, 7) is 6.25. The Labute approximate surface area is 126 Å². The number of alkyl carbamates (subject to hydrolysis) is 1. The second-order valence-corrected chi connectivity index (χ2v) is 6.66. The van der Waals surface area contributed by atoms with E-state index in [1.54, 1.807) is 0 Å². The zero-order valence-electron chi connectivity index (χ0n) is 13.3. The molecule has 1 fully saturated rings. The standard InChI is InChI=1S/C15H28N2O4/c1-15(2,3)21-14(20)17-12-7-4-6-11(10-12)16-9-5-8-13(18)19/h11-12,16H,4-10H2,1-3H3,(H,17,20)(H,18,19). The van der Waals surface area contributed by atoms with E-state index in [1.165, 1.54) is 0 Å². The van der Waals surface area contributed by atoms with Gasteiger partial charge in [0.05, 0.1) is 0 Å². The molecule has 6 heteroatoms. The van der Waals surface area contributed by atoms with Gasteiger partial charge in [0, 0.05) is 18.5 Å². The number of carboxylic acids is 1. The van der Waals surface area contributed by atoms with Crippen LogP contribution in [0.15, 0.2) is 0 Å². The quantitative estimate of drug-likeness (QED) is 0.655. The first-order valence-corrected chi connectivity index (χ1v) is 7.71. The molecule has 2 atom stereocenters. The Morgan fingerprint density at radius 3 is 2.52 bits per heavy atom. The molecule has 0 aromatic carbocycles. The summed E-state index contributed by atoms with van der Waals surface area (Å²) in [7, 11) is 0. The predicted molar refractivity (Wildman–Crippen MR) is 80.3 cm³/mol. The summed E-state index contributed by atoms with van der Waals surface area (Å²) >= 11 is 0. The molecule has 0 aromatic rings. The van der Waals surface area contributed by atoms with E-state index in [1.807, 2.05) is 20.8 Å². The maximum Gasteiger partial charge on any atom is 0.407 e. The van der Waals surface area contributed by atoms with Crippen molar-refractivity contribution in [3.8, 4) is 0 Å². The fourth-order valence-electron chi connectivity index (χ4n) is 2.53. The lowest BCUT2D eigenvalue weighted by molar-refractivity contribution is -0.137. The van der Waals surface area contributed by atoms with Crippen molar-refractivity contribution in [2.75, 3.05) is 6.54 Å². The van der Waals surface area contributed by atoms with Crippen molar-refractivity contribution in [1.82, 2.24) is 10.6 Å². The fourth-order valence-corrected chi connectivity index (χ4v) is 2.53. The number of carbonyl (C=O) groups excluding carboxylic acids is 1. The lowest BCUT2D eigenvalue weighted by atomic mass is 9.91. The summed E-state index contributed by atoms with van der Waals surface area (Å²) in [5, 5.41) is 14.9. The summed E-state index contributed by atoms with van der Waals surface area (Å²) in [5.41, 5.74) is -0.479. The van der Waals surface area contributed by atoms with Gasteiger partial charge in [0.15, 0.2) is 0 Å². The van der Waals surface area contributed by atoms with Crippen LogP contribution >= 0.6 is 0 Å². The SMILES string of the molecule is CC(C)(C)OC(=O)NC1CCCC(NCCCC(=O)O)C1. The summed E-state index contributed by atoms with van der Waals surface area (Å²) in [6.07, 6.45) is 4.42. The Bertz CT molecular complexity index is 352. The van der Waals surface area contributed by atoms with Crippen LogP contribution in [0.3, 0.4) is 0 Å². The number of amides is 1. The molecule has 1 rings (SSSR count). The Balaban J connectivity index is 2.25. The third-order valence-electron chi connectivity index (χ3n) is 3.40. The third kappa shape index (κ3) is 8.55. The van der Waals surface area contributed by atoms with Crippen molar-refractivity contribution in [1.29, 1.82) is 0 Å². The third-order valence-corrected chi connectivity index (χ3v) is 3.40. The van der Waals surface area contributed by atoms with Gasteiger partial charge in [-0.25, -0.2) is 4.79 Å². The van der Waals surface area contributed by atoms with Crippen molar-refractivity contribution < 1.29 is 19.4 Å². The summed E-state index contributed by atoms with van der Waals surface area (Å²) < 4.78 is 5.26. The number of ether oxygens (including phenoxy) is 1. The minimum atomic E-state index is -0.759. The number of rotatable bonds is 6. The number of aliphatic carboxylic acids is 1. The topological polar surface area (TPSA) is 87.7 Å². The first-order chi connectivity index (χ1) is 9.76. The second-order valence-electron chi connectivity index (χ2n) is 6.66. The Hall–Kier alpha value is -1.30. The first-order valence-electron chi connectivity index (χ1n) is 7.71. The minimum absolute atomic E-state index is 0.130. The van der Waals surface area contributed by atoms with Gasteiger partial charge >= 0.3 is 12.1 Å². The van der Waals surface area contributed by atoms with Crippen LogP contribution in [0, 0.1) is 0 Å². The van der Waals surface area contributed by atoms with Crippen LogP contribution < -0.4 is 10.6 Å². The van der Waals surface area contributed by atoms with Crippen LogP contribution in [0.4, 0.5) is 4.79 Å². The highest BCUT2D eigenvalue weighted by Gasteiger charge is 2.25. The predicted octanol–water partition coefficient (Wildman–Crippen LogP) is 2.28. The molecular weight excluding hydrogens is 272 g/mol. The van der Waals surface area contributed by atoms with Crippen molar-refractivity contribution in [2.45, 2.75) is 77.0 Å². The van der Waals surface area contributed by atoms with Gasteiger partial charge < -0.3 is 20.5 Å². The maximum atomic E-state index is 11.7. The van der Waals surface area contributed by atoms with Crippen molar-refractivity contribution in [2.24, 2.45) is 0 Å². The molecule has 1 saturated carbocycles. The molecule has 21 heavy (non-hydrogen) atoms. The average Bonchev–Trinajstić information content (AvgIpc) is 2.32. The van der Waals surface area contributed by atoms with Crippen molar-refractivity contribution in [3.63, 3.8) is 0 Å². The fraction of sp³-hybridized carbons (Fsp3) is 0.867. The number of hydrogen-bond acceptors (Lipinski definition) is 4. The lowest BCUT2D eigenvalue weighted by Gasteiger charge is -2.31. The molecular formula is C15H28N2O4. The molecule has 3 N–H and O–H groups in total. The molecule has 0 bridgehead atoms. The Kier molecular flexibility index (Phi) is 6.95. The van der Waals surface area contributed by atoms with E-state index < -0.39 is 11.6 Å². The van der Waals surface area contributed by atoms with E-state index >= 15 is 0 Å². The molecule has 0 aromatic heterocycles. The summed E-state index contributed by atoms with van der Waals surface area (Å²) in [4.78, 5) is 22.2. The lowest BCUT2D eigenvalue weighted by Crippen LogP contribution is -2.45. The molecule has 0 radical (unpaired) electrons. The number of hydrogen-bond donors (Lipinski definition) is 3. The van der Waals surface area contributed by atoms with Crippen LogP contribution in [-0.4, -0.2) is 41.4 Å². The molecule has 2 unspecified atom stereocenters. The van der Waals surface area contributed by atoms with E-state index in [0.717, 1.165) is 25.7 Å². The Morgan fingerprint density at radius 1 is 1.24 bits per heavy atom. The molecule has 0 spiro atoms. The largest absolute Gasteiger partial charge is 0.481 e. The number of nitrogens with one attached hydrogen (secondary N) is 2. The van der Waals surface area contributed by atoms with Gasteiger partial charge in [-0.2, -0.15) is 0 Å². The van der Waals surface area contributed by atoms with E-state index in [4.69, 9.17) is 9.84 Å². The van der Waals surface area contributed by atoms with Crippen LogP contribution in [0.2, 0.25) is 0 Å². The second kappa shape index (κ2) is 8.22. The highest BCUT2D eigenvalue weighted by molar-refractivity contribution is 5.68. The molecule has 122 valence electrons. The van der Waals surface area contributed by atoms with Gasteiger partial charge in [0.25, 0.3) is 0 Å². The van der Waals surface area contributed by atoms with Gasteiger partial charge in [0.2, 0.25) is 0 Å². The number of carboxylic acid groups (broad SMARTS) is 1. The molecule has 0 aliphatic heterocycles. The van der Waals surface area contributed by atoms with Gasteiger partial charge in [0.1, 0.15) is 5.60 Å². The summed E-state index contributed by atoms with van der Waals surface area (Å²) in [5.74, 6) is -0.759. The monoisotopic (exact) mass is 300 g/mol. The molecule has 1 aliphatic rings. The van der Waals surface area contributed by atoms with Gasteiger partial charge in [-0.3, -0.25) is 4.79 Å². The van der Waals surface area contributed by atoms with Crippen LogP contribution in [0.5, 0.6) is 0 Å². The summed E-state index contributed by atoms with van der Waals surface area (Å²) in [6, 6.07) is 0.470. The van der Waals surface area contributed by atoms with E-state index in [9.17, 15) is 9.59 Å².